The van der Waals surface area contributed by atoms with E-state index in [0.29, 0.717) is 12.8 Å². The summed E-state index contributed by atoms with van der Waals surface area (Å²) >= 11 is 0. The van der Waals surface area contributed by atoms with Crippen LogP contribution in [-0.4, -0.2) is 208 Å². The number of hydrogen-bond acceptors (Lipinski definition) is 17. The average molecular weight is 1160 g/mol. The zero-order valence-corrected chi connectivity index (χ0v) is 48.1. The first-order valence-electron chi connectivity index (χ1n) is 27.0. The van der Waals surface area contributed by atoms with E-state index in [0.717, 1.165) is 0 Å². The van der Waals surface area contributed by atoms with Gasteiger partial charge in [0, 0.05) is 13.1 Å². The molecule has 0 radical (unpaired) electrons. The lowest BCUT2D eigenvalue weighted by Crippen LogP contribution is -2.62. The van der Waals surface area contributed by atoms with E-state index in [-0.39, 0.29) is 38.3 Å². The van der Waals surface area contributed by atoms with Gasteiger partial charge in [0.05, 0.1) is 19.8 Å². The number of rotatable bonds is 34. The molecule has 0 aromatic heterocycles. The number of aliphatic carboxylic acids is 1. The number of nitrogens with zero attached hydrogens (tertiary/aromatic N) is 1. The van der Waals surface area contributed by atoms with Crippen LogP contribution in [0.2, 0.25) is 0 Å². The second kappa shape index (κ2) is 34.8. The third kappa shape index (κ3) is 23.0. The van der Waals surface area contributed by atoms with E-state index in [1.165, 1.54) is 25.7 Å². The summed E-state index contributed by atoms with van der Waals surface area (Å²) in [6, 6.07) is -16.1. The number of carbonyl (C=O) groups excluding carboxylic acids is 11. The lowest BCUT2D eigenvalue weighted by molar-refractivity contribution is -0.144. The molecule has 1 rings (SSSR count). The van der Waals surface area contributed by atoms with Gasteiger partial charge in [0.15, 0.2) is 5.96 Å². The molecular formula is C50H89N15O16. The molecule has 31 heteroatoms. The van der Waals surface area contributed by atoms with Crippen molar-refractivity contribution in [2.24, 2.45) is 35.1 Å². The Bertz CT molecular complexity index is 2220. The van der Waals surface area contributed by atoms with Crippen LogP contribution >= 0.6 is 0 Å². The van der Waals surface area contributed by atoms with Gasteiger partial charge in [0.1, 0.15) is 72.5 Å². The minimum Gasteiger partial charge on any atom is -0.480 e. The first kappa shape index (κ1) is 71.8. The van der Waals surface area contributed by atoms with E-state index in [1.54, 1.807) is 55.4 Å². The Morgan fingerprint density at radius 2 is 0.938 bits per heavy atom. The highest BCUT2D eigenvalue weighted by molar-refractivity contribution is 5.99. The maximum Gasteiger partial charge on any atom is 0.325 e. The van der Waals surface area contributed by atoms with E-state index in [4.69, 9.17) is 22.0 Å². The number of likely N-dealkylation sites (tertiary alicyclic amines) is 1. The van der Waals surface area contributed by atoms with Gasteiger partial charge in [-0.25, -0.2) is 0 Å². The summed E-state index contributed by atoms with van der Waals surface area (Å²) in [6.45, 7) is 14.4. The summed E-state index contributed by atoms with van der Waals surface area (Å²) in [6.07, 6.45) is 1.07. The predicted molar refractivity (Wildman–Crippen MR) is 291 cm³/mol. The van der Waals surface area contributed by atoms with Gasteiger partial charge in [-0.05, 0) is 70.1 Å². The van der Waals surface area contributed by atoms with Crippen molar-refractivity contribution in [3.63, 3.8) is 0 Å². The van der Waals surface area contributed by atoms with Gasteiger partial charge < -0.3 is 95.3 Å². The highest BCUT2D eigenvalue weighted by atomic mass is 16.4. The number of aliphatic hydroxyl groups is 3. The molecular weight excluding hydrogens is 1070 g/mol. The molecule has 0 bridgehead atoms. The van der Waals surface area contributed by atoms with E-state index in [9.17, 15) is 72.9 Å². The molecule has 1 aliphatic rings. The molecule has 1 fully saturated rings. The number of carboxylic acid groups (broad SMARTS) is 1. The fraction of sp³-hybridized carbons (Fsp3) is 0.740. The van der Waals surface area contributed by atoms with E-state index in [1.807, 2.05) is 0 Å². The minimum absolute atomic E-state index is 0.0205. The molecule has 31 nitrogen and oxygen atoms in total. The number of amides is 11. The van der Waals surface area contributed by atoms with Crippen LogP contribution in [0.1, 0.15) is 108 Å². The summed E-state index contributed by atoms with van der Waals surface area (Å²) < 4.78 is 0. The zero-order chi connectivity index (χ0) is 62.2. The number of carbonyl (C=O) groups is 12. The number of aliphatic hydroxyl groups excluding tert-OH is 3. The maximum absolute atomic E-state index is 14.4. The summed E-state index contributed by atoms with van der Waals surface area (Å²) in [5, 5.41) is 73.0. The van der Waals surface area contributed by atoms with Gasteiger partial charge in [0.2, 0.25) is 65.0 Å². The van der Waals surface area contributed by atoms with Crippen molar-refractivity contribution in [3.8, 4) is 0 Å². The first-order valence-corrected chi connectivity index (χ1v) is 27.0. The third-order valence-corrected chi connectivity index (χ3v) is 13.4. The quantitative estimate of drug-likeness (QED) is 0.0162. The molecule has 13 atom stereocenters. The normalized spacial score (nSPS) is 17.6. The van der Waals surface area contributed by atoms with Crippen molar-refractivity contribution in [1.29, 1.82) is 5.41 Å². The SMILES string of the molecule is CC[C@H](C)[C@H](NC(=O)[C@@H](NC(=O)[C@H](CO)NC(=O)[C@H](C)NC(=O)[C@@H](N)CO)C(C)C)C(=O)N1CCC[C@H]1C(=O)N[C@H](C(=O)N[C@@H](CO)C(=O)N[C@@H](C)C(=O)N[C@H](C(=O)N[C@@H](CCCNC(=N)N)C(=O)N[C@@H](C)C(=O)O)C(C)C)C(C)C. The van der Waals surface area contributed by atoms with Crippen molar-refractivity contribution in [3.05, 3.63) is 0 Å². The van der Waals surface area contributed by atoms with Crippen molar-refractivity contribution >= 4 is 76.9 Å². The first-order chi connectivity index (χ1) is 37.8. The van der Waals surface area contributed by atoms with Crippen LogP contribution in [0.5, 0.6) is 0 Å². The lowest BCUT2D eigenvalue weighted by atomic mass is 9.95. The molecule has 11 amide bonds. The Morgan fingerprint density at radius 3 is 1.41 bits per heavy atom. The Balaban J connectivity index is 3.18. The van der Waals surface area contributed by atoms with Crippen molar-refractivity contribution < 1.29 is 78.0 Å². The van der Waals surface area contributed by atoms with Gasteiger partial charge in [-0.1, -0.05) is 61.8 Å². The minimum atomic E-state index is -1.67. The molecule has 0 spiro atoms. The standard InChI is InChI=1S/C50H89N15O16/c1-12-25(8)37(64-47(78)36(24(6)7)62-43(74)32(21-68)59-38(69)26(9)55-40(71)29(51)19-66)48(79)65-18-14-16-33(65)44(75)63-35(23(4)5)46(77)60-31(20-67)42(73)56-27(10)39(70)61-34(22(2)3)45(76)58-30(15-13-17-54-50(52)53)41(72)57-28(11)49(80)81/h22-37,66-68H,12-21,51H2,1-11H3,(H,55,71)(H,56,73)(H,57,72)(H,58,76)(H,59,69)(H,60,77)(H,61,70)(H,62,74)(H,63,75)(H,64,78)(H,80,81)(H4,52,53,54)/t25-,26-,27-,28-,29-,30-,31-,32-,33-,34-,35-,36-,37-/m0/s1. The second-order valence-corrected chi connectivity index (χ2v) is 21.1. The fourth-order valence-corrected chi connectivity index (χ4v) is 8.02. The van der Waals surface area contributed by atoms with Crippen molar-refractivity contribution in [2.75, 3.05) is 32.9 Å². The number of nitrogens with one attached hydrogen (secondary N) is 12. The van der Waals surface area contributed by atoms with Crippen LogP contribution in [0.15, 0.2) is 0 Å². The van der Waals surface area contributed by atoms with Crippen LogP contribution in [0.25, 0.3) is 0 Å². The molecule has 0 aliphatic carbocycles. The molecule has 1 heterocycles. The fourth-order valence-electron chi connectivity index (χ4n) is 8.02. The Labute approximate surface area is 471 Å². The maximum atomic E-state index is 14.4. The van der Waals surface area contributed by atoms with E-state index < -0.39 is 187 Å². The highest BCUT2D eigenvalue weighted by Gasteiger charge is 2.42. The highest BCUT2D eigenvalue weighted by Crippen LogP contribution is 2.23. The van der Waals surface area contributed by atoms with E-state index >= 15 is 0 Å². The van der Waals surface area contributed by atoms with E-state index in [2.05, 4.69) is 58.5 Å². The Hall–Kier alpha value is -7.25. The zero-order valence-electron chi connectivity index (χ0n) is 48.1. The number of carboxylic acids is 1. The monoisotopic (exact) mass is 1160 g/mol. The Morgan fingerprint density at radius 1 is 0.531 bits per heavy atom. The van der Waals surface area contributed by atoms with Crippen LogP contribution in [0.3, 0.4) is 0 Å². The van der Waals surface area contributed by atoms with Crippen LogP contribution < -0.4 is 70.0 Å². The molecule has 0 unspecified atom stereocenters. The molecule has 460 valence electrons. The largest absolute Gasteiger partial charge is 0.480 e. The average Bonchev–Trinajstić information content (AvgIpc) is 4.01. The number of guanidine groups is 1. The summed E-state index contributed by atoms with van der Waals surface area (Å²) in [5.74, 6) is -13.4. The molecule has 0 aromatic carbocycles. The summed E-state index contributed by atoms with van der Waals surface area (Å²) in [5.41, 5.74) is 10.8. The lowest BCUT2D eigenvalue weighted by Gasteiger charge is -2.34. The van der Waals surface area contributed by atoms with Gasteiger partial charge in [-0.15, -0.1) is 0 Å². The summed E-state index contributed by atoms with van der Waals surface area (Å²) in [4.78, 5) is 161. The predicted octanol–water partition coefficient (Wildman–Crippen LogP) is -6.45. The Kier molecular flexibility index (Phi) is 30.8. The van der Waals surface area contributed by atoms with Gasteiger partial charge in [0.25, 0.3) is 0 Å². The van der Waals surface area contributed by atoms with Crippen LogP contribution in [0, 0.1) is 29.1 Å². The van der Waals surface area contributed by atoms with Crippen molar-refractivity contribution in [2.45, 2.75) is 181 Å². The molecule has 0 saturated carbocycles. The molecule has 1 aliphatic heterocycles. The van der Waals surface area contributed by atoms with Crippen LogP contribution in [-0.2, 0) is 57.5 Å². The topological polar surface area (TPSA) is 497 Å². The number of nitrogens with two attached hydrogens (primary N) is 2. The van der Waals surface area contributed by atoms with Gasteiger partial charge >= 0.3 is 5.97 Å². The third-order valence-electron chi connectivity index (χ3n) is 13.4. The second-order valence-electron chi connectivity index (χ2n) is 21.1. The molecule has 0 aromatic rings. The molecule has 81 heavy (non-hydrogen) atoms. The molecule has 1 saturated heterocycles. The van der Waals surface area contributed by atoms with Crippen molar-refractivity contribution in [1.82, 2.24) is 63.4 Å². The number of hydrogen-bond donors (Lipinski definition) is 18. The van der Waals surface area contributed by atoms with Gasteiger partial charge in [-0.3, -0.25) is 62.9 Å². The molecule has 20 N–H and O–H groups in total. The summed E-state index contributed by atoms with van der Waals surface area (Å²) in [7, 11) is 0. The smallest absolute Gasteiger partial charge is 0.325 e. The van der Waals surface area contributed by atoms with Crippen LogP contribution in [0.4, 0.5) is 0 Å². The van der Waals surface area contributed by atoms with Gasteiger partial charge in [-0.2, -0.15) is 0 Å².